The lowest BCUT2D eigenvalue weighted by molar-refractivity contribution is 0.291. The summed E-state index contributed by atoms with van der Waals surface area (Å²) in [5.74, 6) is -0.0689. The van der Waals surface area contributed by atoms with E-state index in [2.05, 4.69) is 15.9 Å². The molecule has 3 heteroatoms. The second kappa shape index (κ2) is 5.07. The third-order valence-electron chi connectivity index (χ3n) is 3.99. The lowest BCUT2D eigenvalue weighted by atomic mass is 9.69. The summed E-state index contributed by atoms with van der Waals surface area (Å²) in [6, 6.07) is 3.74. The highest BCUT2D eigenvalue weighted by atomic mass is 79.9. The predicted molar refractivity (Wildman–Crippen MR) is 72.7 cm³/mol. The van der Waals surface area contributed by atoms with Crippen molar-refractivity contribution in [2.45, 2.75) is 44.4 Å². The van der Waals surface area contributed by atoms with Crippen LogP contribution in [0.3, 0.4) is 0 Å². The van der Waals surface area contributed by atoms with Gasteiger partial charge in [-0.2, -0.15) is 0 Å². The van der Waals surface area contributed by atoms with E-state index in [0.717, 1.165) is 35.7 Å². The highest BCUT2D eigenvalue weighted by molar-refractivity contribution is 9.10. The summed E-state index contributed by atoms with van der Waals surface area (Å²) >= 11 is 3.46. The molecule has 0 saturated heterocycles. The summed E-state index contributed by atoms with van der Waals surface area (Å²) in [4.78, 5) is 0. The lowest BCUT2D eigenvalue weighted by Gasteiger charge is -2.37. The Morgan fingerprint density at radius 3 is 2.53 bits per heavy atom. The SMILES string of the molecule is Cc1cc(Br)cc(C2(CN)CCCCC2)c1F. The van der Waals surface area contributed by atoms with Crippen molar-refractivity contribution in [1.29, 1.82) is 0 Å². The van der Waals surface area contributed by atoms with Crippen molar-refractivity contribution in [3.8, 4) is 0 Å². The second-order valence-electron chi connectivity index (χ2n) is 5.13. The van der Waals surface area contributed by atoms with Crippen LogP contribution in [0.1, 0.15) is 43.2 Å². The van der Waals surface area contributed by atoms with E-state index < -0.39 is 0 Å². The van der Waals surface area contributed by atoms with E-state index in [4.69, 9.17) is 5.73 Å². The molecule has 0 aromatic heterocycles. The Bertz CT molecular complexity index is 411. The number of hydrogen-bond donors (Lipinski definition) is 1. The van der Waals surface area contributed by atoms with Gasteiger partial charge in [-0.1, -0.05) is 35.2 Å². The normalized spacial score (nSPS) is 19.3. The first-order valence-corrected chi connectivity index (χ1v) is 7.04. The largest absolute Gasteiger partial charge is 0.330 e. The van der Waals surface area contributed by atoms with E-state index in [1.807, 2.05) is 19.1 Å². The van der Waals surface area contributed by atoms with E-state index >= 15 is 0 Å². The summed E-state index contributed by atoms with van der Waals surface area (Å²) in [6.07, 6.45) is 5.58. The van der Waals surface area contributed by atoms with E-state index in [9.17, 15) is 4.39 Å². The van der Waals surface area contributed by atoms with Crippen LogP contribution < -0.4 is 5.73 Å². The fraction of sp³-hybridized carbons (Fsp3) is 0.571. The van der Waals surface area contributed by atoms with Crippen molar-refractivity contribution in [3.63, 3.8) is 0 Å². The van der Waals surface area contributed by atoms with Crippen LogP contribution in [-0.2, 0) is 5.41 Å². The van der Waals surface area contributed by atoms with Crippen molar-refractivity contribution in [2.24, 2.45) is 5.73 Å². The van der Waals surface area contributed by atoms with Crippen molar-refractivity contribution < 1.29 is 4.39 Å². The summed E-state index contributed by atoms with van der Waals surface area (Å²) in [7, 11) is 0. The Balaban J connectivity index is 2.49. The first-order chi connectivity index (χ1) is 8.09. The maximum absolute atomic E-state index is 14.3. The molecule has 1 saturated carbocycles. The van der Waals surface area contributed by atoms with Gasteiger partial charge in [0.1, 0.15) is 5.82 Å². The molecule has 2 N–H and O–H groups in total. The van der Waals surface area contributed by atoms with Crippen LogP contribution in [-0.4, -0.2) is 6.54 Å². The Labute approximate surface area is 111 Å². The number of nitrogens with two attached hydrogens (primary N) is 1. The number of rotatable bonds is 2. The maximum atomic E-state index is 14.3. The zero-order valence-corrected chi connectivity index (χ0v) is 11.8. The van der Waals surface area contributed by atoms with Crippen LogP contribution in [0.25, 0.3) is 0 Å². The average Bonchev–Trinajstić information content (AvgIpc) is 2.34. The van der Waals surface area contributed by atoms with Gasteiger partial charge in [0.2, 0.25) is 0 Å². The standard InChI is InChI=1S/C14H19BrFN/c1-10-7-11(15)8-12(13(10)16)14(9-17)5-3-2-4-6-14/h7-8H,2-6,9,17H2,1H3. The molecule has 0 atom stereocenters. The summed E-state index contributed by atoms with van der Waals surface area (Å²) in [5.41, 5.74) is 7.33. The van der Waals surface area contributed by atoms with Crippen molar-refractivity contribution in [2.75, 3.05) is 6.54 Å². The maximum Gasteiger partial charge on any atom is 0.129 e. The smallest absolute Gasteiger partial charge is 0.129 e. The quantitative estimate of drug-likeness (QED) is 0.876. The first kappa shape index (κ1) is 13.0. The molecular weight excluding hydrogens is 281 g/mol. The Morgan fingerprint density at radius 2 is 1.94 bits per heavy atom. The monoisotopic (exact) mass is 299 g/mol. The molecule has 0 amide bonds. The van der Waals surface area contributed by atoms with Gasteiger partial charge in [-0.15, -0.1) is 0 Å². The van der Waals surface area contributed by atoms with E-state index in [0.29, 0.717) is 12.1 Å². The van der Waals surface area contributed by atoms with Crippen LogP contribution >= 0.6 is 15.9 Å². The molecule has 1 aliphatic carbocycles. The zero-order valence-electron chi connectivity index (χ0n) is 10.2. The second-order valence-corrected chi connectivity index (χ2v) is 6.05. The van der Waals surface area contributed by atoms with Gasteiger partial charge in [-0.05, 0) is 43.0 Å². The molecule has 1 nitrogen and oxygen atoms in total. The Kier molecular flexibility index (Phi) is 3.88. The molecule has 1 fully saturated rings. The number of halogens is 2. The average molecular weight is 300 g/mol. The molecule has 0 aliphatic heterocycles. The van der Waals surface area contributed by atoms with Crippen LogP contribution in [0.15, 0.2) is 16.6 Å². The number of benzene rings is 1. The highest BCUT2D eigenvalue weighted by Gasteiger charge is 2.35. The van der Waals surface area contributed by atoms with Crippen LogP contribution in [0.4, 0.5) is 4.39 Å². The predicted octanol–water partition coefficient (Wildman–Crippen LogP) is 4.06. The highest BCUT2D eigenvalue weighted by Crippen LogP contribution is 2.41. The molecular formula is C14H19BrFN. The zero-order chi connectivity index (χ0) is 12.5. The summed E-state index contributed by atoms with van der Waals surface area (Å²) < 4.78 is 15.3. The van der Waals surface area contributed by atoms with Gasteiger partial charge in [-0.3, -0.25) is 0 Å². The molecule has 17 heavy (non-hydrogen) atoms. The van der Waals surface area contributed by atoms with E-state index in [1.165, 1.54) is 6.42 Å². The topological polar surface area (TPSA) is 26.0 Å². The molecule has 1 aromatic rings. The fourth-order valence-corrected chi connectivity index (χ4v) is 3.50. The Hall–Kier alpha value is -0.410. The van der Waals surface area contributed by atoms with Gasteiger partial charge in [0.25, 0.3) is 0 Å². The van der Waals surface area contributed by atoms with Crippen molar-refractivity contribution in [3.05, 3.63) is 33.5 Å². The fourth-order valence-electron chi connectivity index (χ4n) is 2.92. The molecule has 94 valence electrons. The lowest BCUT2D eigenvalue weighted by Crippen LogP contribution is -2.38. The minimum absolute atomic E-state index is 0.0689. The number of hydrogen-bond acceptors (Lipinski definition) is 1. The van der Waals surface area contributed by atoms with Crippen molar-refractivity contribution >= 4 is 15.9 Å². The van der Waals surface area contributed by atoms with Crippen LogP contribution in [0, 0.1) is 12.7 Å². The van der Waals surface area contributed by atoms with Gasteiger partial charge < -0.3 is 5.73 Å². The van der Waals surface area contributed by atoms with Crippen molar-refractivity contribution in [1.82, 2.24) is 0 Å². The van der Waals surface area contributed by atoms with Gasteiger partial charge >= 0.3 is 0 Å². The Morgan fingerprint density at radius 1 is 1.29 bits per heavy atom. The van der Waals surface area contributed by atoms with Crippen LogP contribution in [0.2, 0.25) is 0 Å². The molecule has 0 radical (unpaired) electrons. The molecule has 1 aliphatic rings. The summed E-state index contributed by atoms with van der Waals surface area (Å²) in [6.45, 7) is 2.36. The van der Waals surface area contributed by atoms with Gasteiger partial charge in [0.15, 0.2) is 0 Å². The third-order valence-corrected chi connectivity index (χ3v) is 4.45. The minimum Gasteiger partial charge on any atom is -0.330 e. The molecule has 0 heterocycles. The number of aryl methyl sites for hydroxylation is 1. The first-order valence-electron chi connectivity index (χ1n) is 6.25. The molecule has 0 spiro atoms. The van der Waals surface area contributed by atoms with Gasteiger partial charge in [0.05, 0.1) is 0 Å². The molecule has 1 aromatic carbocycles. The van der Waals surface area contributed by atoms with Gasteiger partial charge in [0, 0.05) is 16.4 Å². The molecule has 0 bridgehead atoms. The molecule has 2 rings (SSSR count). The third kappa shape index (κ3) is 2.41. The van der Waals surface area contributed by atoms with Crippen LogP contribution in [0.5, 0.6) is 0 Å². The van der Waals surface area contributed by atoms with Gasteiger partial charge in [-0.25, -0.2) is 4.39 Å². The summed E-state index contributed by atoms with van der Waals surface area (Å²) in [5, 5.41) is 0. The van der Waals surface area contributed by atoms with E-state index in [1.54, 1.807) is 0 Å². The minimum atomic E-state index is -0.142. The molecule has 0 unspecified atom stereocenters. The van der Waals surface area contributed by atoms with E-state index in [-0.39, 0.29) is 11.2 Å².